The lowest BCUT2D eigenvalue weighted by molar-refractivity contribution is -0.161. The number of halogens is 8. The summed E-state index contributed by atoms with van der Waals surface area (Å²) in [6.07, 6.45) is -7.84. The number of hydrogen-bond acceptors (Lipinski definition) is 5. The number of nitrogens with one attached hydrogen (secondary N) is 1. The minimum absolute atomic E-state index is 0. The number of carboxylic acid groups (broad SMARTS) is 1. The van der Waals surface area contributed by atoms with Crippen molar-refractivity contribution in [2.45, 2.75) is 57.0 Å². The average molecular weight is 656 g/mol. The zero-order chi connectivity index (χ0) is 31.6. The van der Waals surface area contributed by atoms with E-state index in [-0.39, 0.29) is 58.8 Å². The van der Waals surface area contributed by atoms with Crippen LogP contribution in [0.5, 0.6) is 0 Å². The van der Waals surface area contributed by atoms with Gasteiger partial charge in [0.15, 0.2) is 0 Å². The molecule has 1 aromatic heterocycles. The molecule has 14 heteroatoms. The van der Waals surface area contributed by atoms with Gasteiger partial charge < -0.3 is 14.9 Å². The number of hydrogen-bond donors (Lipinski definition) is 2. The summed E-state index contributed by atoms with van der Waals surface area (Å²) in [5.74, 6) is -2.23. The number of nitrogens with zero attached hydrogens (tertiary/aromatic N) is 2. The molecule has 4 aromatic rings. The third kappa shape index (κ3) is 6.15. The van der Waals surface area contributed by atoms with Gasteiger partial charge >= 0.3 is 18.3 Å². The molecule has 3 aromatic carbocycles. The Balaban J connectivity index is 0.00000400. The molecule has 6 rings (SSSR count). The van der Waals surface area contributed by atoms with Crippen LogP contribution in [0.1, 0.15) is 53.1 Å². The highest BCUT2D eigenvalue weighted by Crippen LogP contribution is 2.46. The summed E-state index contributed by atoms with van der Waals surface area (Å²) in [7, 11) is 0. The number of rotatable bonds is 6. The van der Waals surface area contributed by atoms with E-state index in [0.717, 1.165) is 48.2 Å². The van der Waals surface area contributed by atoms with Crippen molar-refractivity contribution in [2.75, 3.05) is 0 Å². The SMILES string of the molecule is Cc1cc(-c2nc(-c3ccc4c(c3)CCC4NC3CC(C(=O)O)C3)no2)c(F)cc1-c1cccc(C(F)(F)F)c1C(F)(F)F.Cl. The predicted octanol–water partition coefficient (Wildman–Crippen LogP) is 8.42. The van der Waals surface area contributed by atoms with Crippen LogP contribution in [0.15, 0.2) is 53.1 Å². The van der Waals surface area contributed by atoms with Crippen molar-refractivity contribution in [1.29, 1.82) is 0 Å². The molecule has 0 aliphatic heterocycles. The smallest absolute Gasteiger partial charge is 0.417 e. The molecule has 2 N–H and O–H groups in total. The van der Waals surface area contributed by atoms with Crippen molar-refractivity contribution in [3.8, 4) is 34.0 Å². The zero-order valence-electron chi connectivity index (χ0n) is 23.4. The fraction of sp³-hybridized carbons (Fsp3) is 0.323. The lowest BCUT2D eigenvalue weighted by atomic mass is 9.80. The van der Waals surface area contributed by atoms with Gasteiger partial charge in [-0.3, -0.25) is 4.79 Å². The first kappa shape index (κ1) is 32.4. The maximum absolute atomic E-state index is 15.3. The van der Waals surface area contributed by atoms with E-state index in [9.17, 15) is 31.1 Å². The second kappa shape index (κ2) is 11.8. The molecule has 45 heavy (non-hydrogen) atoms. The first-order valence-electron chi connectivity index (χ1n) is 13.7. The molecule has 0 spiro atoms. The average Bonchev–Trinajstić information content (AvgIpc) is 3.57. The number of aromatic nitrogens is 2. The standard InChI is InChI=1S/C31H24F7N3O3.ClH/c1-14-9-22(24(32)13-21(14)20-3-2-4-23(30(33,34)35)26(20)31(36,37)38)28-40-27(41-44-28)16-5-7-19-15(10-16)6-8-25(19)39-18-11-17(12-18)29(42)43;/h2-5,7,9-10,13,17-18,25,39H,6,8,11-12H2,1H3,(H,42,43);1H. The Labute approximate surface area is 258 Å². The zero-order valence-corrected chi connectivity index (χ0v) is 24.2. The van der Waals surface area contributed by atoms with Crippen LogP contribution < -0.4 is 5.32 Å². The predicted molar refractivity (Wildman–Crippen MR) is 151 cm³/mol. The number of carboxylic acids is 1. The van der Waals surface area contributed by atoms with Gasteiger partial charge in [0.2, 0.25) is 5.82 Å². The van der Waals surface area contributed by atoms with Crippen LogP contribution in [0, 0.1) is 18.7 Å². The van der Waals surface area contributed by atoms with Crippen LogP contribution in [0.4, 0.5) is 30.7 Å². The highest BCUT2D eigenvalue weighted by molar-refractivity contribution is 5.85. The van der Waals surface area contributed by atoms with Gasteiger partial charge in [-0.1, -0.05) is 29.4 Å². The molecule has 1 unspecified atom stereocenters. The Morgan fingerprint density at radius 3 is 2.38 bits per heavy atom. The molecule has 2 aliphatic rings. The molecule has 238 valence electrons. The molecule has 2 aliphatic carbocycles. The fourth-order valence-corrected chi connectivity index (χ4v) is 6.07. The van der Waals surface area contributed by atoms with E-state index in [1.165, 1.54) is 6.92 Å². The summed E-state index contributed by atoms with van der Waals surface area (Å²) < 4.78 is 102. The van der Waals surface area contributed by atoms with Crippen molar-refractivity contribution in [3.05, 3.63) is 82.2 Å². The van der Waals surface area contributed by atoms with Gasteiger partial charge in [0, 0.05) is 17.6 Å². The second-order valence-corrected chi connectivity index (χ2v) is 11.2. The second-order valence-electron chi connectivity index (χ2n) is 11.2. The van der Waals surface area contributed by atoms with E-state index in [2.05, 4.69) is 15.5 Å². The van der Waals surface area contributed by atoms with Crippen molar-refractivity contribution >= 4 is 18.4 Å². The molecule has 0 radical (unpaired) electrons. The van der Waals surface area contributed by atoms with E-state index >= 15 is 4.39 Å². The number of benzene rings is 3. The van der Waals surface area contributed by atoms with Crippen molar-refractivity contribution < 1.29 is 45.2 Å². The quantitative estimate of drug-likeness (QED) is 0.203. The van der Waals surface area contributed by atoms with Gasteiger partial charge in [-0.05, 0) is 84.7 Å². The highest BCUT2D eigenvalue weighted by Gasteiger charge is 2.45. The molecule has 6 nitrogen and oxygen atoms in total. The highest BCUT2D eigenvalue weighted by atomic mass is 35.5. The summed E-state index contributed by atoms with van der Waals surface area (Å²) in [5.41, 5.74) is -2.32. The molecule has 0 saturated heterocycles. The Kier molecular flexibility index (Phi) is 8.47. The van der Waals surface area contributed by atoms with E-state index in [1.807, 2.05) is 12.1 Å². The van der Waals surface area contributed by atoms with E-state index < -0.39 is 40.8 Å². The van der Waals surface area contributed by atoms with Gasteiger partial charge in [-0.15, -0.1) is 12.4 Å². The van der Waals surface area contributed by atoms with Crippen LogP contribution in [0.25, 0.3) is 34.0 Å². The molecular weight excluding hydrogens is 631 g/mol. The normalized spacial score (nSPS) is 19.5. The first-order chi connectivity index (χ1) is 20.7. The van der Waals surface area contributed by atoms with E-state index in [1.54, 1.807) is 6.07 Å². The van der Waals surface area contributed by atoms with Crippen LogP contribution in [0.3, 0.4) is 0 Å². The molecule has 1 fully saturated rings. The summed E-state index contributed by atoms with van der Waals surface area (Å²) in [5, 5.41) is 16.6. The lowest BCUT2D eigenvalue weighted by Gasteiger charge is -2.35. The van der Waals surface area contributed by atoms with Gasteiger partial charge in [-0.25, -0.2) is 4.39 Å². The van der Waals surface area contributed by atoms with E-state index in [4.69, 9.17) is 9.63 Å². The lowest BCUT2D eigenvalue weighted by Crippen LogP contribution is -2.45. The molecule has 1 saturated carbocycles. The topological polar surface area (TPSA) is 88.2 Å². The summed E-state index contributed by atoms with van der Waals surface area (Å²) >= 11 is 0. The van der Waals surface area contributed by atoms with Crippen molar-refractivity contribution in [3.63, 3.8) is 0 Å². The van der Waals surface area contributed by atoms with Gasteiger partial charge in [0.1, 0.15) is 5.82 Å². The van der Waals surface area contributed by atoms with Gasteiger partial charge in [-0.2, -0.15) is 31.3 Å². The summed E-state index contributed by atoms with van der Waals surface area (Å²) in [6.45, 7) is 1.35. The van der Waals surface area contributed by atoms with Gasteiger partial charge in [0.05, 0.1) is 22.6 Å². The number of aliphatic carboxylic acids is 1. The minimum Gasteiger partial charge on any atom is -0.481 e. The molecule has 0 amide bonds. The van der Waals surface area contributed by atoms with Gasteiger partial charge in [0.25, 0.3) is 5.89 Å². The molecule has 1 heterocycles. The Morgan fingerprint density at radius 2 is 1.71 bits per heavy atom. The largest absolute Gasteiger partial charge is 0.481 e. The number of alkyl halides is 6. The Morgan fingerprint density at radius 1 is 0.978 bits per heavy atom. The molecular formula is C31H25ClF7N3O3. The van der Waals surface area contributed by atoms with Crippen LogP contribution in [-0.2, 0) is 23.6 Å². The third-order valence-corrected chi connectivity index (χ3v) is 8.32. The maximum Gasteiger partial charge on any atom is 0.417 e. The Bertz CT molecular complexity index is 1760. The first-order valence-corrected chi connectivity index (χ1v) is 13.7. The summed E-state index contributed by atoms with van der Waals surface area (Å²) in [6, 6.07) is 9.79. The monoisotopic (exact) mass is 655 g/mol. The molecule has 1 atom stereocenters. The number of fused-ring (bicyclic) bond motifs is 1. The number of carbonyl (C=O) groups is 1. The minimum atomic E-state index is -5.35. The van der Waals surface area contributed by atoms with Crippen LogP contribution >= 0.6 is 12.4 Å². The number of aryl methyl sites for hydroxylation is 2. The van der Waals surface area contributed by atoms with E-state index in [0.29, 0.717) is 24.5 Å². The maximum atomic E-state index is 15.3. The third-order valence-electron chi connectivity index (χ3n) is 8.32. The van der Waals surface area contributed by atoms with Crippen molar-refractivity contribution in [1.82, 2.24) is 15.5 Å². The Hall–Kier alpha value is -3.97. The fourth-order valence-electron chi connectivity index (χ4n) is 6.07. The summed E-state index contributed by atoms with van der Waals surface area (Å²) in [4.78, 5) is 15.4. The molecule has 0 bridgehead atoms. The van der Waals surface area contributed by atoms with Crippen LogP contribution in [0.2, 0.25) is 0 Å². The van der Waals surface area contributed by atoms with Crippen LogP contribution in [-0.4, -0.2) is 27.3 Å². The van der Waals surface area contributed by atoms with Crippen molar-refractivity contribution in [2.24, 2.45) is 5.92 Å².